The third kappa shape index (κ3) is 5.92. The Morgan fingerprint density at radius 3 is 2.24 bits per heavy atom. The number of carbonyl (C=O) groups is 1. The smallest absolute Gasteiger partial charge is 0.264 e. The van der Waals surface area contributed by atoms with Gasteiger partial charge in [0.2, 0.25) is 5.24 Å². The molecule has 0 fully saturated rings. The summed E-state index contributed by atoms with van der Waals surface area (Å²) in [4.78, 5) is 10.9. The maximum Gasteiger partial charge on any atom is 0.264 e. The molecular weight excluding hydrogens is 510 g/mol. The molecule has 0 aliphatic heterocycles. The standard InChI is InChI=1S/C24H20Cl2F3NO3S/c1-15(21-11-7-18(27)13-16(21)3-2-4-24(26)31)30(23-14-19(28)8-12-22(23)29)34(32,33)20-9-5-17(25)6-10-20/h5-15H,2-4H2,1H3/t15-/m1/s1. The van der Waals surface area contributed by atoms with E-state index in [4.69, 9.17) is 23.2 Å². The first-order valence-corrected chi connectivity index (χ1v) is 12.4. The lowest BCUT2D eigenvalue weighted by Gasteiger charge is -2.32. The first kappa shape index (κ1) is 26.1. The molecule has 10 heteroatoms. The van der Waals surface area contributed by atoms with E-state index in [0.29, 0.717) is 22.6 Å². The van der Waals surface area contributed by atoms with Gasteiger partial charge < -0.3 is 0 Å². The van der Waals surface area contributed by atoms with Crippen molar-refractivity contribution >= 4 is 44.2 Å². The largest absolute Gasteiger partial charge is 0.281 e. The molecule has 0 saturated heterocycles. The molecule has 0 radical (unpaired) electrons. The predicted octanol–water partition coefficient (Wildman–Crippen LogP) is 6.80. The summed E-state index contributed by atoms with van der Waals surface area (Å²) in [6, 6.07) is 10.4. The number of aryl methyl sites for hydroxylation is 1. The zero-order valence-corrected chi connectivity index (χ0v) is 20.3. The highest BCUT2D eigenvalue weighted by Gasteiger charge is 2.33. The fourth-order valence-corrected chi connectivity index (χ4v) is 5.56. The molecule has 3 rings (SSSR count). The van der Waals surface area contributed by atoms with Crippen molar-refractivity contribution in [3.8, 4) is 0 Å². The van der Waals surface area contributed by atoms with Gasteiger partial charge in [-0.2, -0.15) is 0 Å². The van der Waals surface area contributed by atoms with Crippen molar-refractivity contribution < 1.29 is 26.4 Å². The van der Waals surface area contributed by atoms with Crippen molar-refractivity contribution in [1.82, 2.24) is 0 Å². The summed E-state index contributed by atoms with van der Waals surface area (Å²) in [5.74, 6) is -2.35. The van der Waals surface area contributed by atoms with Gasteiger partial charge in [0, 0.05) is 17.5 Å². The van der Waals surface area contributed by atoms with Gasteiger partial charge in [-0.3, -0.25) is 9.10 Å². The second-order valence-corrected chi connectivity index (χ2v) is 10.3. The summed E-state index contributed by atoms with van der Waals surface area (Å²) >= 11 is 11.3. The van der Waals surface area contributed by atoms with Gasteiger partial charge in [0.1, 0.15) is 17.5 Å². The predicted molar refractivity (Wildman–Crippen MR) is 126 cm³/mol. The zero-order valence-electron chi connectivity index (χ0n) is 17.9. The summed E-state index contributed by atoms with van der Waals surface area (Å²) in [6.07, 6.45) is 0.553. The van der Waals surface area contributed by atoms with Crippen LogP contribution in [0, 0.1) is 17.5 Å². The van der Waals surface area contributed by atoms with E-state index in [-0.39, 0.29) is 17.7 Å². The quantitative estimate of drug-likeness (QED) is 0.286. The SMILES string of the molecule is C[C@H](c1ccc(F)cc1CCCC(=O)Cl)N(c1cc(F)ccc1F)S(=O)(=O)c1ccc(Cl)cc1. The average molecular weight is 530 g/mol. The molecule has 3 aromatic rings. The highest BCUT2D eigenvalue weighted by Crippen LogP contribution is 2.37. The first-order valence-electron chi connectivity index (χ1n) is 10.2. The highest BCUT2D eigenvalue weighted by atomic mass is 35.5. The van der Waals surface area contributed by atoms with E-state index in [9.17, 15) is 26.4 Å². The molecular formula is C24H20Cl2F3NO3S. The van der Waals surface area contributed by atoms with Crippen molar-refractivity contribution in [2.24, 2.45) is 0 Å². The third-order valence-electron chi connectivity index (χ3n) is 5.24. The molecule has 0 amide bonds. The van der Waals surface area contributed by atoms with Crippen molar-refractivity contribution in [1.29, 1.82) is 0 Å². The number of hydrogen-bond donors (Lipinski definition) is 0. The summed E-state index contributed by atoms with van der Waals surface area (Å²) in [7, 11) is -4.42. The van der Waals surface area contributed by atoms with Crippen LogP contribution >= 0.6 is 23.2 Å². The Hall–Kier alpha value is -2.55. The number of carbonyl (C=O) groups excluding carboxylic acids is 1. The number of benzene rings is 3. The van der Waals surface area contributed by atoms with Crippen LogP contribution in [0.1, 0.15) is 36.9 Å². The third-order valence-corrected chi connectivity index (χ3v) is 7.58. The van der Waals surface area contributed by atoms with E-state index >= 15 is 0 Å². The van der Waals surface area contributed by atoms with Gasteiger partial charge in [0.25, 0.3) is 10.0 Å². The minimum Gasteiger partial charge on any atom is -0.281 e. The Balaban J connectivity index is 2.17. The lowest BCUT2D eigenvalue weighted by Crippen LogP contribution is -2.35. The van der Waals surface area contributed by atoms with E-state index in [1.54, 1.807) is 0 Å². The van der Waals surface area contributed by atoms with Gasteiger partial charge in [-0.25, -0.2) is 21.6 Å². The normalized spacial score (nSPS) is 12.4. The number of anilines is 1. The summed E-state index contributed by atoms with van der Waals surface area (Å²) < 4.78 is 71.1. The highest BCUT2D eigenvalue weighted by molar-refractivity contribution is 7.92. The van der Waals surface area contributed by atoms with Gasteiger partial charge in [0.15, 0.2) is 0 Å². The molecule has 180 valence electrons. The van der Waals surface area contributed by atoms with Crippen LogP contribution in [0.25, 0.3) is 0 Å². The molecule has 0 spiro atoms. The molecule has 4 nitrogen and oxygen atoms in total. The van der Waals surface area contributed by atoms with Crippen LogP contribution in [0.3, 0.4) is 0 Å². The van der Waals surface area contributed by atoms with Gasteiger partial charge in [-0.1, -0.05) is 17.7 Å². The summed E-state index contributed by atoms with van der Waals surface area (Å²) in [6.45, 7) is 1.49. The lowest BCUT2D eigenvalue weighted by atomic mass is 9.97. The van der Waals surface area contributed by atoms with E-state index < -0.39 is 44.4 Å². The molecule has 0 bridgehead atoms. The van der Waals surface area contributed by atoms with Crippen molar-refractivity contribution in [2.75, 3.05) is 4.31 Å². The number of halogens is 5. The van der Waals surface area contributed by atoms with Crippen LogP contribution in [0.15, 0.2) is 65.6 Å². The van der Waals surface area contributed by atoms with Crippen molar-refractivity contribution in [3.05, 3.63) is 94.3 Å². The van der Waals surface area contributed by atoms with Crippen LogP contribution in [0.5, 0.6) is 0 Å². The monoisotopic (exact) mass is 529 g/mol. The molecule has 1 atom stereocenters. The second kappa shape index (κ2) is 10.8. The maximum absolute atomic E-state index is 14.9. The van der Waals surface area contributed by atoms with Gasteiger partial charge >= 0.3 is 0 Å². The maximum atomic E-state index is 14.9. The minimum absolute atomic E-state index is 0.0389. The van der Waals surface area contributed by atoms with Crippen LogP contribution in [-0.4, -0.2) is 13.7 Å². The summed E-state index contributed by atoms with van der Waals surface area (Å²) in [5, 5.41) is -0.259. The minimum atomic E-state index is -4.42. The molecule has 0 N–H and O–H groups in total. The topological polar surface area (TPSA) is 54.5 Å². The molecule has 0 aromatic heterocycles. The fraction of sp³-hybridized carbons (Fsp3) is 0.208. The number of hydrogen-bond acceptors (Lipinski definition) is 3. The van der Waals surface area contributed by atoms with E-state index in [0.717, 1.165) is 28.6 Å². The Morgan fingerprint density at radius 2 is 1.59 bits per heavy atom. The second-order valence-electron chi connectivity index (χ2n) is 7.58. The molecule has 0 heterocycles. The zero-order chi connectivity index (χ0) is 25.0. The molecule has 0 aliphatic carbocycles. The Kier molecular flexibility index (Phi) is 8.28. The van der Waals surface area contributed by atoms with Crippen LogP contribution in [0.2, 0.25) is 5.02 Å². The molecule has 0 unspecified atom stereocenters. The van der Waals surface area contributed by atoms with Gasteiger partial charge in [0.05, 0.1) is 16.6 Å². The Morgan fingerprint density at radius 1 is 0.971 bits per heavy atom. The van der Waals surface area contributed by atoms with Gasteiger partial charge in [-0.15, -0.1) is 0 Å². The van der Waals surface area contributed by atoms with E-state index in [1.165, 1.54) is 43.3 Å². The van der Waals surface area contributed by atoms with E-state index in [1.807, 2.05) is 0 Å². The molecule has 3 aromatic carbocycles. The molecule has 0 saturated carbocycles. The summed E-state index contributed by atoms with van der Waals surface area (Å²) in [5.41, 5.74) is 0.275. The molecule has 0 aliphatic rings. The number of sulfonamides is 1. The number of rotatable bonds is 9. The van der Waals surface area contributed by atoms with Crippen molar-refractivity contribution in [2.45, 2.75) is 37.1 Å². The molecule has 34 heavy (non-hydrogen) atoms. The van der Waals surface area contributed by atoms with Crippen molar-refractivity contribution in [3.63, 3.8) is 0 Å². The Labute approximate surface area is 206 Å². The first-order chi connectivity index (χ1) is 16.0. The lowest BCUT2D eigenvalue weighted by molar-refractivity contribution is -0.111. The van der Waals surface area contributed by atoms with E-state index in [2.05, 4.69) is 0 Å². The van der Waals surface area contributed by atoms with Crippen LogP contribution in [0.4, 0.5) is 18.9 Å². The van der Waals surface area contributed by atoms with Gasteiger partial charge in [-0.05, 0) is 91.0 Å². The van der Waals surface area contributed by atoms with Crippen LogP contribution < -0.4 is 4.31 Å². The fourth-order valence-electron chi connectivity index (χ4n) is 3.66. The number of nitrogens with zero attached hydrogens (tertiary/aromatic N) is 1. The Bertz CT molecular complexity index is 1300. The average Bonchev–Trinajstić information content (AvgIpc) is 2.76. The van der Waals surface area contributed by atoms with Crippen LogP contribution in [-0.2, 0) is 21.2 Å².